The van der Waals surface area contributed by atoms with Crippen molar-refractivity contribution >= 4 is 17.5 Å². The number of esters is 1. The minimum atomic E-state index is -0.482. The number of ketones is 2. The van der Waals surface area contributed by atoms with Crippen LogP contribution >= 0.6 is 0 Å². The summed E-state index contributed by atoms with van der Waals surface area (Å²) in [5.74, 6) is 0.242. The lowest BCUT2D eigenvalue weighted by Crippen LogP contribution is -2.12. The standard InChI is InChI=1S/C19H18O5/c1-12(20)14-4-7-17(8-5-14)24-19(22)11-16-10-15(13(2)21)6-9-18(16)23-3/h4-10H,11H2,1-3H3. The van der Waals surface area contributed by atoms with Crippen molar-refractivity contribution < 1.29 is 23.9 Å². The maximum Gasteiger partial charge on any atom is 0.315 e. The zero-order valence-corrected chi connectivity index (χ0v) is 13.8. The molecule has 0 aliphatic carbocycles. The fourth-order valence-electron chi connectivity index (χ4n) is 2.22. The molecule has 0 saturated heterocycles. The monoisotopic (exact) mass is 326 g/mol. The second-order valence-electron chi connectivity index (χ2n) is 5.31. The van der Waals surface area contributed by atoms with Gasteiger partial charge in [-0.25, -0.2) is 0 Å². The number of ether oxygens (including phenoxy) is 2. The number of hydrogen-bond donors (Lipinski definition) is 0. The van der Waals surface area contributed by atoms with Crippen molar-refractivity contribution in [1.29, 1.82) is 0 Å². The minimum Gasteiger partial charge on any atom is -0.496 e. The van der Waals surface area contributed by atoms with Gasteiger partial charge in [0.1, 0.15) is 11.5 Å². The van der Waals surface area contributed by atoms with Gasteiger partial charge in [0.15, 0.2) is 11.6 Å². The van der Waals surface area contributed by atoms with Crippen LogP contribution < -0.4 is 9.47 Å². The average Bonchev–Trinajstić information content (AvgIpc) is 2.55. The van der Waals surface area contributed by atoms with Gasteiger partial charge in [-0.15, -0.1) is 0 Å². The predicted molar refractivity (Wildman–Crippen MR) is 88.8 cm³/mol. The molecule has 124 valence electrons. The van der Waals surface area contributed by atoms with Crippen molar-refractivity contribution in [3.63, 3.8) is 0 Å². The van der Waals surface area contributed by atoms with E-state index in [0.29, 0.717) is 28.2 Å². The number of Topliss-reactive ketones (excluding diaryl/α,β-unsaturated/α-hetero) is 2. The molecule has 5 heteroatoms. The van der Waals surface area contributed by atoms with E-state index < -0.39 is 5.97 Å². The van der Waals surface area contributed by atoms with Crippen LogP contribution in [-0.4, -0.2) is 24.6 Å². The summed E-state index contributed by atoms with van der Waals surface area (Å²) in [6, 6.07) is 11.3. The second-order valence-corrected chi connectivity index (χ2v) is 5.31. The molecule has 0 aliphatic heterocycles. The van der Waals surface area contributed by atoms with Crippen LogP contribution in [0.2, 0.25) is 0 Å². The molecule has 0 atom stereocenters. The molecular weight excluding hydrogens is 308 g/mol. The van der Waals surface area contributed by atoms with Crippen molar-refractivity contribution in [2.75, 3.05) is 7.11 Å². The summed E-state index contributed by atoms with van der Waals surface area (Å²) in [4.78, 5) is 34.8. The molecule has 0 heterocycles. The molecule has 0 aromatic heterocycles. The predicted octanol–water partition coefficient (Wildman–Crippen LogP) is 3.25. The Balaban J connectivity index is 2.12. The molecular formula is C19H18O5. The van der Waals surface area contributed by atoms with Gasteiger partial charge in [0.2, 0.25) is 0 Å². The number of methoxy groups -OCH3 is 1. The number of carbonyl (C=O) groups excluding carboxylic acids is 3. The lowest BCUT2D eigenvalue weighted by atomic mass is 10.0. The number of carbonyl (C=O) groups is 3. The largest absolute Gasteiger partial charge is 0.496 e. The Labute approximate surface area is 140 Å². The molecule has 0 bridgehead atoms. The molecule has 0 saturated carbocycles. The van der Waals surface area contributed by atoms with E-state index in [1.165, 1.54) is 21.0 Å². The van der Waals surface area contributed by atoms with E-state index in [4.69, 9.17) is 9.47 Å². The average molecular weight is 326 g/mol. The Kier molecular flexibility index (Phi) is 5.47. The van der Waals surface area contributed by atoms with Crippen molar-refractivity contribution in [1.82, 2.24) is 0 Å². The van der Waals surface area contributed by atoms with Gasteiger partial charge < -0.3 is 9.47 Å². The quantitative estimate of drug-likeness (QED) is 0.463. The van der Waals surface area contributed by atoms with Gasteiger partial charge >= 0.3 is 5.97 Å². The van der Waals surface area contributed by atoms with Gasteiger partial charge in [-0.1, -0.05) is 0 Å². The SMILES string of the molecule is COc1ccc(C(C)=O)cc1CC(=O)Oc1ccc(C(C)=O)cc1. The number of benzene rings is 2. The van der Waals surface area contributed by atoms with Crippen molar-refractivity contribution in [3.8, 4) is 11.5 Å². The zero-order chi connectivity index (χ0) is 17.7. The highest BCUT2D eigenvalue weighted by Gasteiger charge is 2.13. The maximum atomic E-state index is 12.1. The third-order valence-corrected chi connectivity index (χ3v) is 3.51. The summed E-state index contributed by atoms with van der Waals surface area (Å²) < 4.78 is 10.5. The van der Waals surface area contributed by atoms with E-state index in [1.807, 2.05) is 0 Å². The van der Waals surface area contributed by atoms with E-state index in [9.17, 15) is 14.4 Å². The summed E-state index contributed by atoms with van der Waals surface area (Å²) in [5.41, 5.74) is 1.63. The van der Waals surface area contributed by atoms with Gasteiger partial charge in [-0.2, -0.15) is 0 Å². The van der Waals surface area contributed by atoms with Crippen LogP contribution in [0, 0.1) is 0 Å². The van der Waals surface area contributed by atoms with Crippen LogP contribution in [0.25, 0.3) is 0 Å². The Bertz CT molecular complexity index is 775. The number of hydrogen-bond acceptors (Lipinski definition) is 5. The summed E-state index contributed by atoms with van der Waals surface area (Å²) >= 11 is 0. The van der Waals surface area contributed by atoms with Gasteiger partial charge in [0.05, 0.1) is 13.5 Å². The highest BCUT2D eigenvalue weighted by Crippen LogP contribution is 2.22. The molecule has 0 aliphatic rings. The van der Waals surface area contributed by atoms with Gasteiger partial charge in [0.25, 0.3) is 0 Å². The number of rotatable bonds is 6. The Morgan fingerprint density at radius 2 is 1.46 bits per heavy atom. The molecule has 24 heavy (non-hydrogen) atoms. The molecule has 0 radical (unpaired) electrons. The highest BCUT2D eigenvalue weighted by atomic mass is 16.5. The first-order chi connectivity index (χ1) is 11.4. The lowest BCUT2D eigenvalue weighted by molar-refractivity contribution is -0.133. The summed E-state index contributed by atoms with van der Waals surface area (Å²) in [6.07, 6.45) is -0.0290. The third-order valence-electron chi connectivity index (χ3n) is 3.51. The Morgan fingerprint density at radius 3 is 2.00 bits per heavy atom. The summed E-state index contributed by atoms with van der Waals surface area (Å²) in [5, 5.41) is 0. The van der Waals surface area contributed by atoms with Crippen LogP contribution in [0.15, 0.2) is 42.5 Å². The van der Waals surface area contributed by atoms with E-state index >= 15 is 0 Å². The maximum absolute atomic E-state index is 12.1. The minimum absolute atomic E-state index is 0.0290. The molecule has 2 aromatic carbocycles. The fraction of sp³-hybridized carbons (Fsp3) is 0.211. The van der Waals surface area contributed by atoms with Gasteiger partial charge in [-0.05, 0) is 56.3 Å². The van der Waals surface area contributed by atoms with Crippen molar-refractivity contribution in [3.05, 3.63) is 59.2 Å². The van der Waals surface area contributed by atoms with Gasteiger partial charge in [0, 0.05) is 16.7 Å². The summed E-state index contributed by atoms with van der Waals surface area (Å²) in [6.45, 7) is 2.93. The normalized spacial score (nSPS) is 10.1. The van der Waals surface area contributed by atoms with E-state index in [-0.39, 0.29) is 18.0 Å². The lowest BCUT2D eigenvalue weighted by Gasteiger charge is -2.10. The van der Waals surface area contributed by atoms with Crippen LogP contribution in [0.1, 0.15) is 40.1 Å². The highest BCUT2D eigenvalue weighted by molar-refractivity contribution is 5.95. The van der Waals surface area contributed by atoms with Crippen LogP contribution in [0.3, 0.4) is 0 Å². The third kappa shape index (κ3) is 4.29. The van der Waals surface area contributed by atoms with Crippen molar-refractivity contribution in [2.24, 2.45) is 0 Å². The molecule has 5 nitrogen and oxygen atoms in total. The fourth-order valence-corrected chi connectivity index (χ4v) is 2.22. The molecule has 0 N–H and O–H groups in total. The topological polar surface area (TPSA) is 69.7 Å². The first kappa shape index (κ1) is 17.4. The first-order valence-corrected chi connectivity index (χ1v) is 7.40. The smallest absolute Gasteiger partial charge is 0.315 e. The van der Waals surface area contributed by atoms with Crippen molar-refractivity contribution in [2.45, 2.75) is 20.3 Å². The second kappa shape index (κ2) is 7.55. The van der Waals surface area contributed by atoms with Crippen LogP contribution in [0.4, 0.5) is 0 Å². The van der Waals surface area contributed by atoms with E-state index in [1.54, 1.807) is 42.5 Å². The Morgan fingerprint density at radius 1 is 0.875 bits per heavy atom. The van der Waals surface area contributed by atoms with Crippen LogP contribution in [0.5, 0.6) is 11.5 Å². The summed E-state index contributed by atoms with van der Waals surface area (Å²) in [7, 11) is 1.50. The molecule has 0 unspecified atom stereocenters. The Hall–Kier alpha value is -2.95. The molecule has 2 rings (SSSR count). The first-order valence-electron chi connectivity index (χ1n) is 7.40. The molecule has 0 spiro atoms. The molecule has 0 amide bonds. The van der Waals surface area contributed by atoms with E-state index in [2.05, 4.69) is 0 Å². The van der Waals surface area contributed by atoms with Crippen LogP contribution in [-0.2, 0) is 11.2 Å². The zero-order valence-electron chi connectivity index (χ0n) is 13.8. The molecule has 0 fully saturated rings. The van der Waals surface area contributed by atoms with E-state index in [0.717, 1.165) is 0 Å². The molecule has 2 aromatic rings. The van der Waals surface area contributed by atoms with Gasteiger partial charge in [-0.3, -0.25) is 14.4 Å².